The van der Waals surface area contributed by atoms with Gasteiger partial charge in [0, 0.05) is 6.04 Å². The normalized spacial score (nSPS) is 12.6. The molecule has 1 rings (SSSR count). The number of amides is 2. The van der Waals surface area contributed by atoms with Gasteiger partial charge in [0.25, 0.3) is 0 Å². The van der Waals surface area contributed by atoms with Gasteiger partial charge in [-0.05, 0) is 25.5 Å². The average Bonchev–Trinajstić information content (AvgIpc) is 2.37. The Morgan fingerprint density at radius 1 is 1.19 bits per heavy atom. The number of halogens is 3. The Bertz CT molecular complexity index is 515. The highest BCUT2D eigenvalue weighted by Gasteiger charge is 2.33. The van der Waals surface area contributed by atoms with Crippen molar-refractivity contribution in [1.82, 2.24) is 5.32 Å². The monoisotopic (exact) mass is 302 g/mol. The minimum absolute atomic E-state index is 0.0900. The molecule has 7 heteroatoms. The fourth-order valence-corrected chi connectivity index (χ4v) is 1.61. The van der Waals surface area contributed by atoms with Crippen molar-refractivity contribution in [3.8, 4) is 0 Å². The summed E-state index contributed by atoms with van der Waals surface area (Å²) in [5.74, 6) is -1.31. The van der Waals surface area contributed by atoms with E-state index in [1.807, 2.05) is 6.92 Å². The van der Waals surface area contributed by atoms with Gasteiger partial charge in [-0.2, -0.15) is 13.2 Å². The molecule has 1 aromatic rings. The summed E-state index contributed by atoms with van der Waals surface area (Å²) in [5.41, 5.74) is -1.30. The molecule has 0 aliphatic heterocycles. The summed E-state index contributed by atoms with van der Waals surface area (Å²) < 4.78 is 38.2. The fraction of sp³-hybridized carbons (Fsp3) is 0.429. The Balaban J connectivity index is 2.70. The zero-order chi connectivity index (χ0) is 16.0. The third-order valence-electron chi connectivity index (χ3n) is 2.85. The average molecular weight is 302 g/mol. The van der Waals surface area contributed by atoms with Gasteiger partial charge in [-0.25, -0.2) is 0 Å². The van der Waals surface area contributed by atoms with Crippen LogP contribution in [0.2, 0.25) is 0 Å². The summed E-state index contributed by atoms with van der Waals surface area (Å²) in [6.45, 7) is 3.64. The van der Waals surface area contributed by atoms with E-state index < -0.39 is 30.0 Å². The van der Waals surface area contributed by atoms with Crippen LogP contribution in [-0.4, -0.2) is 17.9 Å². The third-order valence-corrected chi connectivity index (χ3v) is 2.85. The second kappa shape index (κ2) is 7.10. The van der Waals surface area contributed by atoms with Crippen molar-refractivity contribution >= 4 is 17.5 Å². The molecule has 0 aliphatic rings. The first-order chi connectivity index (χ1) is 9.74. The Labute approximate surface area is 120 Å². The van der Waals surface area contributed by atoms with E-state index in [0.717, 1.165) is 12.1 Å². The summed E-state index contributed by atoms with van der Waals surface area (Å²) in [7, 11) is 0. The Morgan fingerprint density at radius 2 is 1.81 bits per heavy atom. The molecule has 4 nitrogen and oxygen atoms in total. The molecular formula is C14H17F3N2O2. The summed E-state index contributed by atoms with van der Waals surface area (Å²) in [4.78, 5) is 23.1. The van der Waals surface area contributed by atoms with Crippen LogP contribution in [0.4, 0.5) is 18.9 Å². The lowest BCUT2D eigenvalue weighted by Crippen LogP contribution is -2.34. The van der Waals surface area contributed by atoms with Crippen LogP contribution in [0.1, 0.15) is 32.3 Å². The van der Waals surface area contributed by atoms with Crippen LogP contribution in [0.15, 0.2) is 24.3 Å². The van der Waals surface area contributed by atoms with Crippen molar-refractivity contribution in [1.29, 1.82) is 0 Å². The predicted molar refractivity (Wildman–Crippen MR) is 72.6 cm³/mol. The molecule has 1 unspecified atom stereocenters. The first-order valence-corrected chi connectivity index (χ1v) is 6.49. The smallest absolute Gasteiger partial charge is 0.353 e. The fourth-order valence-electron chi connectivity index (χ4n) is 1.61. The second-order valence-electron chi connectivity index (χ2n) is 4.65. The standard InChI is InChI=1S/C14H17F3N2O2/c1-3-9(2)18-12(20)8-13(21)19-11-7-5-4-6-10(11)14(15,16)17/h4-7,9H,3,8H2,1-2H3,(H,18,20)(H,19,21). The van der Waals surface area contributed by atoms with E-state index in [-0.39, 0.29) is 11.7 Å². The maximum absolute atomic E-state index is 12.7. The molecule has 0 aliphatic carbocycles. The van der Waals surface area contributed by atoms with E-state index in [1.165, 1.54) is 12.1 Å². The van der Waals surface area contributed by atoms with Gasteiger partial charge >= 0.3 is 6.18 Å². The molecule has 0 saturated carbocycles. The van der Waals surface area contributed by atoms with E-state index in [2.05, 4.69) is 10.6 Å². The van der Waals surface area contributed by atoms with Crippen molar-refractivity contribution < 1.29 is 22.8 Å². The molecule has 0 radical (unpaired) electrons. The van der Waals surface area contributed by atoms with E-state index in [0.29, 0.717) is 6.42 Å². The molecular weight excluding hydrogens is 285 g/mol. The first kappa shape index (κ1) is 17.0. The molecule has 0 bridgehead atoms. The van der Waals surface area contributed by atoms with E-state index in [1.54, 1.807) is 6.92 Å². The van der Waals surface area contributed by atoms with Crippen LogP contribution >= 0.6 is 0 Å². The van der Waals surface area contributed by atoms with Crippen LogP contribution in [0.3, 0.4) is 0 Å². The van der Waals surface area contributed by atoms with Gasteiger partial charge < -0.3 is 10.6 Å². The third kappa shape index (κ3) is 5.45. The predicted octanol–water partition coefficient (Wildman–Crippen LogP) is 2.95. The van der Waals surface area contributed by atoms with Crippen molar-refractivity contribution in [3.05, 3.63) is 29.8 Å². The topological polar surface area (TPSA) is 58.2 Å². The van der Waals surface area contributed by atoms with Crippen LogP contribution in [0.5, 0.6) is 0 Å². The van der Waals surface area contributed by atoms with Gasteiger partial charge in [0.2, 0.25) is 11.8 Å². The minimum Gasteiger partial charge on any atom is -0.353 e. The summed E-state index contributed by atoms with van der Waals surface area (Å²) in [6.07, 6.45) is -4.39. The molecule has 1 atom stereocenters. The largest absolute Gasteiger partial charge is 0.418 e. The number of anilines is 1. The highest BCUT2D eigenvalue weighted by Crippen LogP contribution is 2.34. The Kier molecular flexibility index (Phi) is 5.75. The van der Waals surface area contributed by atoms with Crippen LogP contribution in [-0.2, 0) is 15.8 Å². The van der Waals surface area contributed by atoms with Gasteiger partial charge in [-0.3, -0.25) is 9.59 Å². The van der Waals surface area contributed by atoms with Crippen LogP contribution in [0, 0.1) is 0 Å². The van der Waals surface area contributed by atoms with Gasteiger partial charge in [0.15, 0.2) is 0 Å². The zero-order valence-electron chi connectivity index (χ0n) is 11.8. The van der Waals surface area contributed by atoms with Gasteiger partial charge in [0.05, 0.1) is 11.3 Å². The summed E-state index contributed by atoms with van der Waals surface area (Å²) in [6, 6.07) is 4.54. The summed E-state index contributed by atoms with van der Waals surface area (Å²) >= 11 is 0. The van der Waals surface area contributed by atoms with E-state index in [4.69, 9.17) is 0 Å². The SMILES string of the molecule is CCC(C)NC(=O)CC(=O)Nc1ccccc1C(F)(F)F. The maximum atomic E-state index is 12.7. The lowest BCUT2D eigenvalue weighted by molar-refractivity contribution is -0.137. The molecule has 0 fully saturated rings. The number of hydrogen-bond acceptors (Lipinski definition) is 2. The van der Waals surface area contributed by atoms with Crippen molar-refractivity contribution in [2.75, 3.05) is 5.32 Å². The Hall–Kier alpha value is -2.05. The maximum Gasteiger partial charge on any atom is 0.418 e. The van der Waals surface area contributed by atoms with Crippen molar-refractivity contribution in [2.45, 2.75) is 38.9 Å². The molecule has 0 saturated heterocycles. The highest BCUT2D eigenvalue weighted by molar-refractivity contribution is 6.03. The van der Waals surface area contributed by atoms with E-state index >= 15 is 0 Å². The molecule has 1 aromatic carbocycles. The first-order valence-electron chi connectivity index (χ1n) is 6.49. The Morgan fingerprint density at radius 3 is 2.38 bits per heavy atom. The van der Waals surface area contributed by atoms with Gasteiger partial charge in [0.1, 0.15) is 6.42 Å². The number of carbonyl (C=O) groups excluding carboxylic acids is 2. The molecule has 0 heterocycles. The number of carbonyl (C=O) groups is 2. The van der Waals surface area contributed by atoms with Gasteiger partial charge in [-0.1, -0.05) is 19.1 Å². The molecule has 21 heavy (non-hydrogen) atoms. The molecule has 0 spiro atoms. The molecule has 2 amide bonds. The second-order valence-corrected chi connectivity index (χ2v) is 4.65. The van der Waals surface area contributed by atoms with E-state index in [9.17, 15) is 22.8 Å². The van der Waals surface area contributed by atoms with Crippen molar-refractivity contribution in [2.24, 2.45) is 0 Å². The number of rotatable bonds is 5. The number of nitrogens with one attached hydrogen (secondary N) is 2. The van der Waals surface area contributed by atoms with Crippen molar-refractivity contribution in [3.63, 3.8) is 0 Å². The number of hydrogen-bond donors (Lipinski definition) is 2. The van der Waals surface area contributed by atoms with Crippen LogP contribution < -0.4 is 10.6 Å². The molecule has 116 valence electrons. The number of para-hydroxylation sites is 1. The van der Waals surface area contributed by atoms with Gasteiger partial charge in [-0.15, -0.1) is 0 Å². The summed E-state index contributed by atoms with van der Waals surface area (Å²) in [5, 5.41) is 4.69. The minimum atomic E-state index is -4.57. The number of benzene rings is 1. The molecule has 0 aromatic heterocycles. The highest BCUT2D eigenvalue weighted by atomic mass is 19.4. The van der Waals surface area contributed by atoms with Crippen LogP contribution in [0.25, 0.3) is 0 Å². The molecule has 2 N–H and O–H groups in total. The quantitative estimate of drug-likeness (QED) is 0.822. The number of alkyl halides is 3. The lowest BCUT2D eigenvalue weighted by Gasteiger charge is -2.14. The lowest BCUT2D eigenvalue weighted by atomic mass is 10.1. The zero-order valence-corrected chi connectivity index (χ0v) is 11.8.